The van der Waals surface area contributed by atoms with Crippen molar-refractivity contribution in [3.8, 4) is 0 Å². The first-order valence-corrected chi connectivity index (χ1v) is 6.75. The highest BCUT2D eigenvalue weighted by atomic mass is 19.1. The summed E-state index contributed by atoms with van der Waals surface area (Å²) in [5, 5.41) is 0. The molecular formula is C14H15FN4O2. The van der Waals surface area contributed by atoms with Crippen molar-refractivity contribution in [3.63, 3.8) is 0 Å². The molecule has 1 aromatic heterocycles. The summed E-state index contributed by atoms with van der Waals surface area (Å²) in [6, 6.07) is 5.32. The number of amides is 1. The lowest BCUT2D eigenvalue weighted by atomic mass is 10.0. The number of carbonyl (C=O) groups is 1. The molecule has 1 aromatic carbocycles. The molecule has 1 saturated heterocycles. The molecule has 1 aliphatic heterocycles. The molecule has 0 saturated carbocycles. The molecule has 2 heterocycles. The van der Waals surface area contributed by atoms with Crippen molar-refractivity contribution in [2.45, 2.75) is 18.9 Å². The minimum atomic E-state index is -0.595. The van der Waals surface area contributed by atoms with E-state index in [1.165, 1.54) is 32.7 Å². The molecule has 2 aromatic rings. The number of hydrogen-bond donors (Lipinski definition) is 0. The van der Waals surface area contributed by atoms with Gasteiger partial charge in [-0.15, -0.1) is 0 Å². The summed E-state index contributed by atoms with van der Waals surface area (Å²) in [6.07, 6.45) is 2.70. The number of benzene rings is 1. The first-order valence-electron chi connectivity index (χ1n) is 6.75. The second-order valence-electron chi connectivity index (χ2n) is 5.07. The number of carbonyl (C=O) groups excluding carboxylic acids is 1. The Morgan fingerprint density at radius 1 is 1.33 bits per heavy atom. The maximum atomic E-state index is 13.3. The van der Waals surface area contributed by atoms with Crippen molar-refractivity contribution in [2.24, 2.45) is 7.05 Å². The van der Waals surface area contributed by atoms with Gasteiger partial charge in [-0.25, -0.2) is 13.9 Å². The predicted molar refractivity (Wildman–Crippen MR) is 74.5 cm³/mol. The van der Waals surface area contributed by atoms with E-state index in [-0.39, 0.29) is 11.7 Å². The van der Waals surface area contributed by atoms with Crippen LogP contribution in [0.3, 0.4) is 0 Å². The Labute approximate surface area is 120 Å². The van der Waals surface area contributed by atoms with Gasteiger partial charge in [-0.05, 0) is 31.0 Å². The van der Waals surface area contributed by atoms with E-state index in [4.69, 9.17) is 0 Å². The second-order valence-corrected chi connectivity index (χ2v) is 5.07. The second kappa shape index (κ2) is 5.16. The monoisotopic (exact) mass is 290 g/mol. The minimum Gasteiger partial charge on any atom is -0.310 e. The number of aryl methyl sites for hydroxylation is 1. The number of halogens is 1. The summed E-state index contributed by atoms with van der Waals surface area (Å²) < 4.78 is 16.2. The van der Waals surface area contributed by atoms with Gasteiger partial charge in [-0.3, -0.25) is 9.48 Å². The van der Waals surface area contributed by atoms with Crippen LogP contribution in [0.4, 0.5) is 10.1 Å². The molecule has 6 nitrogen and oxygen atoms in total. The third kappa shape index (κ3) is 2.35. The van der Waals surface area contributed by atoms with E-state index < -0.39 is 11.7 Å². The molecule has 1 atom stereocenters. The topological polar surface area (TPSA) is 60.1 Å². The van der Waals surface area contributed by atoms with E-state index in [0.717, 1.165) is 6.42 Å². The molecule has 0 bridgehead atoms. The van der Waals surface area contributed by atoms with Gasteiger partial charge >= 0.3 is 5.69 Å². The molecule has 0 N–H and O–H groups in total. The predicted octanol–water partition coefficient (Wildman–Crippen LogP) is 1.09. The lowest BCUT2D eigenvalue weighted by Gasteiger charge is -2.32. The summed E-state index contributed by atoms with van der Waals surface area (Å²) in [5.41, 5.74) is 0.0665. The maximum Gasteiger partial charge on any atom is 0.364 e. The largest absolute Gasteiger partial charge is 0.364 e. The molecule has 21 heavy (non-hydrogen) atoms. The quantitative estimate of drug-likeness (QED) is 0.832. The zero-order chi connectivity index (χ0) is 15.0. The Morgan fingerprint density at radius 2 is 2.14 bits per heavy atom. The number of piperidine rings is 1. The van der Waals surface area contributed by atoms with Crippen molar-refractivity contribution in [2.75, 3.05) is 11.4 Å². The maximum absolute atomic E-state index is 13.3. The van der Waals surface area contributed by atoms with Crippen LogP contribution in [0.5, 0.6) is 0 Å². The third-order valence-corrected chi connectivity index (χ3v) is 3.70. The van der Waals surface area contributed by atoms with Gasteiger partial charge in [0.2, 0.25) is 0 Å². The fraction of sp³-hybridized carbons (Fsp3) is 0.357. The lowest BCUT2D eigenvalue weighted by Crippen LogP contribution is -2.45. The van der Waals surface area contributed by atoms with Gasteiger partial charge in [0, 0.05) is 19.3 Å². The number of nitrogens with zero attached hydrogens (tertiary/aromatic N) is 4. The normalized spacial score (nSPS) is 19.0. The average molecular weight is 290 g/mol. The van der Waals surface area contributed by atoms with Crippen molar-refractivity contribution in [3.05, 3.63) is 46.9 Å². The molecule has 3 rings (SSSR count). The Kier molecular flexibility index (Phi) is 3.32. The fourth-order valence-electron chi connectivity index (χ4n) is 2.72. The van der Waals surface area contributed by atoms with Gasteiger partial charge in [0.05, 0.1) is 0 Å². The van der Waals surface area contributed by atoms with Gasteiger partial charge in [0.25, 0.3) is 5.91 Å². The molecule has 7 heteroatoms. The van der Waals surface area contributed by atoms with E-state index in [1.54, 1.807) is 19.2 Å². The Morgan fingerprint density at radius 3 is 2.81 bits per heavy atom. The average Bonchev–Trinajstić information content (AvgIpc) is 2.79. The van der Waals surface area contributed by atoms with Gasteiger partial charge in [0.1, 0.15) is 18.2 Å². The zero-order valence-corrected chi connectivity index (χ0v) is 11.6. The smallest absolute Gasteiger partial charge is 0.310 e. The molecule has 1 amide bonds. The van der Waals surface area contributed by atoms with Crippen LogP contribution in [0.25, 0.3) is 0 Å². The van der Waals surface area contributed by atoms with E-state index in [2.05, 4.69) is 4.98 Å². The zero-order valence-electron chi connectivity index (χ0n) is 11.6. The first kappa shape index (κ1) is 13.5. The minimum absolute atomic E-state index is 0.211. The SMILES string of the molecule is Cn1cnc(=O)n1[C@H]1CCCN(c2cccc(F)c2)C1=O. The molecule has 0 spiro atoms. The Balaban J connectivity index is 1.96. The summed E-state index contributed by atoms with van der Waals surface area (Å²) in [6.45, 7) is 0.519. The lowest BCUT2D eigenvalue weighted by molar-refractivity contribution is -0.123. The van der Waals surface area contributed by atoms with Crippen molar-refractivity contribution in [1.29, 1.82) is 0 Å². The van der Waals surface area contributed by atoms with Crippen LogP contribution in [-0.4, -0.2) is 26.8 Å². The molecule has 0 unspecified atom stereocenters. The van der Waals surface area contributed by atoms with Crippen LogP contribution < -0.4 is 10.6 Å². The van der Waals surface area contributed by atoms with E-state index in [9.17, 15) is 14.0 Å². The first-order chi connectivity index (χ1) is 10.1. The molecule has 0 radical (unpaired) electrons. The highest BCUT2D eigenvalue weighted by Crippen LogP contribution is 2.26. The summed E-state index contributed by atoms with van der Waals surface area (Å²) >= 11 is 0. The summed E-state index contributed by atoms with van der Waals surface area (Å²) in [5.74, 6) is -0.599. The molecule has 0 aliphatic carbocycles. The van der Waals surface area contributed by atoms with Gasteiger partial charge in [0.15, 0.2) is 0 Å². The van der Waals surface area contributed by atoms with E-state index in [0.29, 0.717) is 18.7 Å². The molecule has 110 valence electrons. The van der Waals surface area contributed by atoms with Crippen LogP contribution >= 0.6 is 0 Å². The van der Waals surface area contributed by atoms with Crippen LogP contribution in [0.15, 0.2) is 35.4 Å². The van der Waals surface area contributed by atoms with Crippen molar-refractivity contribution in [1.82, 2.24) is 14.3 Å². The molecule has 1 fully saturated rings. The van der Waals surface area contributed by atoms with Crippen molar-refractivity contribution < 1.29 is 9.18 Å². The Hall–Kier alpha value is -2.44. The number of aromatic nitrogens is 3. The van der Waals surface area contributed by atoms with Crippen LogP contribution in [0.2, 0.25) is 0 Å². The van der Waals surface area contributed by atoms with Crippen LogP contribution in [0, 0.1) is 5.82 Å². The number of rotatable bonds is 2. The highest BCUT2D eigenvalue weighted by molar-refractivity contribution is 5.96. The number of anilines is 1. The van der Waals surface area contributed by atoms with Gasteiger partial charge in [-0.2, -0.15) is 4.98 Å². The number of hydrogen-bond acceptors (Lipinski definition) is 3. The summed E-state index contributed by atoms with van der Waals surface area (Å²) in [7, 11) is 1.67. The molecular weight excluding hydrogens is 275 g/mol. The van der Waals surface area contributed by atoms with Gasteiger partial charge in [-0.1, -0.05) is 6.07 Å². The van der Waals surface area contributed by atoms with E-state index >= 15 is 0 Å². The molecule has 1 aliphatic rings. The van der Waals surface area contributed by atoms with Crippen LogP contribution in [-0.2, 0) is 11.8 Å². The standard InChI is InChI=1S/C14H15FN4O2/c1-17-9-16-14(21)19(17)12-6-3-7-18(13(12)20)11-5-2-4-10(15)8-11/h2,4-5,8-9,12H,3,6-7H2,1H3/t12-/m0/s1. The van der Waals surface area contributed by atoms with Crippen LogP contribution in [0.1, 0.15) is 18.9 Å². The Bertz CT molecular complexity index is 737. The fourth-order valence-corrected chi connectivity index (χ4v) is 2.72. The van der Waals surface area contributed by atoms with E-state index in [1.807, 2.05) is 0 Å². The van der Waals surface area contributed by atoms with Crippen molar-refractivity contribution >= 4 is 11.6 Å². The summed E-state index contributed by atoms with van der Waals surface area (Å²) in [4.78, 5) is 29.6. The highest BCUT2D eigenvalue weighted by Gasteiger charge is 2.33. The third-order valence-electron chi connectivity index (χ3n) is 3.70. The van der Waals surface area contributed by atoms with Gasteiger partial charge < -0.3 is 4.90 Å².